The molecule has 0 N–H and O–H groups in total. The fraction of sp³-hybridized carbons (Fsp3) is 0.484. The van der Waals surface area contributed by atoms with Crippen LogP contribution >= 0.6 is 11.6 Å². The van der Waals surface area contributed by atoms with E-state index in [0.29, 0.717) is 89.8 Å². The van der Waals surface area contributed by atoms with Crippen LogP contribution in [0.25, 0.3) is 11.0 Å². The molecule has 1 saturated heterocycles. The maximum Gasteiger partial charge on any atom is 0.267 e. The fourth-order valence-corrected chi connectivity index (χ4v) is 6.15. The first-order valence-electron chi connectivity index (χ1n) is 14.6. The van der Waals surface area contributed by atoms with Crippen molar-refractivity contribution in [2.24, 2.45) is 0 Å². The number of ether oxygens (including phenoxy) is 4. The van der Waals surface area contributed by atoms with Gasteiger partial charge in [-0.05, 0) is 42.7 Å². The number of aromatic nitrogens is 3. The van der Waals surface area contributed by atoms with Crippen molar-refractivity contribution in [3.8, 4) is 18.3 Å². The number of imidazole rings is 1. The van der Waals surface area contributed by atoms with Gasteiger partial charge in [0.05, 0.1) is 81.1 Å². The van der Waals surface area contributed by atoms with Crippen molar-refractivity contribution >= 4 is 40.9 Å². The molecule has 0 bridgehead atoms. The molecule has 2 aliphatic rings. The Morgan fingerprint density at radius 1 is 1.02 bits per heavy atom. The van der Waals surface area contributed by atoms with E-state index < -0.39 is 5.41 Å². The Morgan fingerprint density at radius 3 is 2.42 bits per heavy atom. The second-order valence-corrected chi connectivity index (χ2v) is 11.1. The summed E-state index contributed by atoms with van der Waals surface area (Å²) in [6.45, 7) is 4.33. The highest BCUT2D eigenvalue weighted by atomic mass is 35.5. The fourth-order valence-electron chi connectivity index (χ4n) is 5.98. The van der Waals surface area contributed by atoms with E-state index in [1.165, 1.54) is 0 Å². The lowest BCUT2D eigenvalue weighted by Gasteiger charge is -2.33. The van der Waals surface area contributed by atoms with Crippen molar-refractivity contribution in [3.05, 3.63) is 53.1 Å². The third-order valence-electron chi connectivity index (χ3n) is 8.13. The Balaban J connectivity index is 1.20. The van der Waals surface area contributed by atoms with E-state index in [4.69, 9.17) is 42.0 Å². The molecule has 43 heavy (non-hydrogen) atoms. The maximum absolute atomic E-state index is 14.1. The molecule has 1 amide bonds. The summed E-state index contributed by atoms with van der Waals surface area (Å²) >= 11 is 6.29. The molecule has 224 valence electrons. The van der Waals surface area contributed by atoms with Gasteiger partial charge in [-0.3, -0.25) is 9.78 Å². The van der Waals surface area contributed by atoms with E-state index in [-0.39, 0.29) is 19.2 Å². The number of terminal acetylenes is 1. The summed E-state index contributed by atoms with van der Waals surface area (Å²) in [5, 5.41) is 10.0. The van der Waals surface area contributed by atoms with Crippen molar-refractivity contribution in [2.75, 3.05) is 57.8 Å². The molecule has 1 fully saturated rings. The van der Waals surface area contributed by atoms with Gasteiger partial charge in [0.15, 0.2) is 0 Å². The van der Waals surface area contributed by atoms with Crippen LogP contribution in [0.4, 0.5) is 5.69 Å². The van der Waals surface area contributed by atoms with Gasteiger partial charge in [0.25, 0.3) is 6.71 Å². The average Bonchev–Trinajstić information content (AvgIpc) is 3.47. The SMILES string of the molecule is C#CCOCCOCCOCCOCCn1c(CN2C(=O)C3(CCB(C#N)CC3)c3ccncc32)nc2cc(Cl)ccc21. The van der Waals surface area contributed by atoms with E-state index in [9.17, 15) is 10.1 Å². The molecule has 0 atom stereocenters. The lowest BCUT2D eigenvalue weighted by atomic mass is 9.39. The summed E-state index contributed by atoms with van der Waals surface area (Å²) < 4.78 is 24.1. The molecule has 1 aromatic carbocycles. The number of carbonyl (C=O) groups is 1. The van der Waals surface area contributed by atoms with E-state index in [0.717, 1.165) is 28.1 Å². The molecular formula is C31H35BClN5O5. The number of nitrogens with zero attached hydrogens (tertiary/aromatic N) is 5. The molecule has 2 aliphatic heterocycles. The Kier molecular flexibility index (Phi) is 10.7. The third kappa shape index (κ3) is 7.04. The zero-order valence-electron chi connectivity index (χ0n) is 24.2. The lowest BCUT2D eigenvalue weighted by Crippen LogP contribution is -2.44. The summed E-state index contributed by atoms with van der Waals surface area (Å²) in [4.78, 5) is 25.1. The summed E-state index contributed by atoms with van der Waals surface area (Å²) in [6.07, 6.45) is 11.4. The molecule has 2 aromatic heterocycles. The molecule has 0 saturated carbocycles. The molecule has 12 heteroatoms. The van der Waals surface area contributed by atoms with Crippen LogP contribution in [0.15, 0.2) is 36.7 Å². The third-order valence-corrected chi connectivity index (χ3v) is 8.37. The second kappa shape index (κ2) is 14.8. The zero-order chi connectivity index (χ0) is 30.1. The summed E-state index contributed by atoms with van der Waals surface area (Å²) in [6, 6.07) is 7.58. The first-order valence-corrected chi connectivity index (χ1v) is 15.0. The Labute approximate surface area is 257 Å². The molecule has 1 spiro atoms. The molecule has 5 rings (SSSR count). The van der Waals surface area contributed by atoms with Gasteiger partial charge in [0, 0.05) is 23.7 Å². The van der Waals surface area contributed by atoms with Crippen molar-refractivity contribution in [3.63, 3.8) is 0 Å². The average molecular weight is 604 g/mol. The quantitative estimate of drug-likeness (QED) is 0.146. The summed E-state index contributed by atoms with van der Waals surface area (Å²) in [7, 11) is 0. The molecule has 10 nitrogen and oxygen atoms in total. The van der Waals surface area contributed by atoms with Crippen LogP contribution in [0.1, 0.15) is 24.2 Å². The summed E-state index contributed by atoms with van der Waals surface area (Å²) in [5.74, 6) is 5.59. The van der Waals surface area contributed by atoms with E-state index >= 15 is 0 Å². The Morgan fingerprint density at radius 2 is 1.72 bits per heavy atom. The van der Waals surface area contributed by atoms with E-state index in [1.807, 2.05) is 29.2 Å². The predicted octanol–water partition coefficient (Wildman–Crippen LogP) is 3.92. The van der Waals surface area contributed by atoms with Crippen LogP contribution in [0.2, 0.25) is 17.7 Å². The number of rotatable bonds is 15. The van der Waals surface area contributed by atoms with Crippen LogP contribution in [-0.4, -0.2) is 80.0 Å². The maximum atomic E-state index is 14.1. The van der Waals surface area contributed by atoms with Gasteiger partial charge in [0.2, 0.25) is 5.91 Å². The normalized spacial score (nSPS) is 15.7. The minimum absolute atomic E-state index is 0.00456. The van der Waals surface area contributed by atoms with Gasteiger partial charge in [0.1, 0.15) is 12.4 Å². The molecule has 4 heterocycles. The minimum atomic E-state index is -0.615. The van der Waals surface area contributed by atoms with Crippen LogP contribution in [0.3, 0.4) is 0 Å². The largest absolute Gasteiger partial charge is 0.377 e. The van der Waals surface area contributed by atoms with Crippen molar-refractivity contribution in [1.29, 1.82) is 5.26 Å². The number of carbonyl (C=O) groups excluding carboxylic acids is 1. The van der Waals surface area contributed by atoms with Crippen LogP contribution in [0.5, 0.6) is 0 Å². The number of halogens is 1. The number of fused-ring (bicyclic) bond motifs is 3. The van der Waals surface area contributed by atoms with Gasteiger partial charge in [-0.2, -0.15) is 0 Å². The van der Waals surface area contributed by atoms with E-state index in [2.05, 4.69) is 21.4 Å². The molecular weight excluding hydrogens is 569 g/mol. The lowest BCUT2D eigenvalue weighted by molar-refractivity contribution is -0.123. The van der Waals surface area contributed by atoms with Crippen LogP contribution < -0.4 is 4.90 Å². The zero-order valence-corrected chi connectivity index (χ0v) is 24.9. The topological polar surface area (TPSA) is 112 Å². The molecule has 0 radical (unpaired) electrons. The summed E-state index contributed by atoms with van der Waals surface area (Å²) in [5.41, 5.74) is 2.88. The van der Waals surface area contributed by atoms with Gasteiger partial charge >= 0.3 is 0 Å². The molecule has 3 aromatic rings. The Hall–Kier alpha value is -3.45. The highest BCUT2D eigenvalue weighted by Gasteiger charge is 2.53. The predicted molar refractivity (Wildman–Crippen MR) is 164 cm³/mol. The number of amides is 1. The molecule has 0 unspecified atom stereocenters. The number of benzene rings is 1. The Bertz CT molecular complexity index is 1490. The van der Waals surface area contributed by atoms with Crippen LogP contribution in [0, 0.1) is 23.6 Å². The molecule has 0 aliphatic carbocycles. The monoisotopic (exact) mass is 603 g/mol. The minimum Gasteiger partial charge on any atom is -0.377 e. The first-order chi connectivity index (χ1) is 21.1. The van der Waals surface area contributed by atoms with Gasteiger partial charge in [-0.1, -0.05) is 30.2 Å². The number of hydrogen-bond acceptors (Lipinski definition) is 8. The standard InChI is InChI=1S/C31H35BClN5O5/c1-2-12-40-14-16-42-18-19-43-17-15-41-13-11-37-27-4-3-24(33)20-26(27)36-29(37)22-38-28-21-35-10-5-25(28)31(30(38)39)6-8-32(23-34)9-7-31/h1,3-5,10,20-21H,6-9,11-19,22H2. The number of hydrogen-bond donors (Lipinski definition) is 0. The van der Waals surface area contributed by atoms with Crippen molar-refractivity contribution < 1.29 is 23.7 Å². The second-order valence-electron chi connectivity index (χ2n) is 10.7. The van der Waals surface area contributed by atoms with Gasteiger partial charge < -0.3 is 28.4 Å². The number of pyridine rings is 1. The number of anilines is 1. The van der Waals surface area contributed by atoms with Crippen molar-refractivity contribution in [1.82, 2.24) is 14.5 Å². The van der Waals surface area contributed by atoms with Gasteiger partial charge in [-0.15, -0.1) is 6.42 Å². The first kappa shape index (κ1) is 31.0. The van der Waals surface area contributed by atoms with Gasteiger partial charge in [-0.25, -0.2) is 10.2 Å². The number of nitriles is 1. The van der Waals surface area contributed by atoms with Crippen molar-refractivity contribution in [2.45, 2.75) is 44.0 Å². The van der Waals surface area contributed by atoms with E-state index in [1.54, 1.807) is 12.4 Å². The highest BCUT2D eigenvalue weighted by molar-refractivity contribution is 6.67. The van der Waals surface area contributed by atoms with Crippen LogP contribution in [-0.2, 0) is 42.2 Å². The smallest absolute Gasteiger partial charge is 0.267 e. The highest BCUT2D eigenvalue weighted by Crippen LogP contribution is 2.50.